The first-order valence-corrected chi connectivity index (χ1v) is 7.10. The molecule has 20 heavy (non-hydrogen) atoms. The van der Waals surface area contributed by atoms with Crippen LogP contribution >= 0.6 is 0 Å². The predicted molar refractivity (Wildman–Crippen MR) is 75.9 cm³/mol. The first-order chi connectivity index (χ1) is 9.53. The van der Waals surface area contributed by atoms with Crippen molar-refractivity contribution < 1.29 is 8.78 Å². The standard InChI is InChI=1S/C15H23F2N3/c1-20(2)15(9-4-3-5-10-15)14(19-18)13-11(16)7-6-8-12(13)17/h6-8,14,19H,3-5,9-10,18H2,1-2H3. The topological polar surface area (TPSA) is 41.3 Å². The lowest BCUT2D eigenvalue weighted by Crippen LogP contribution is -2.56. The molecule has 0 saturated heterocycles. The second kappa shape index (κ2) is 6.16. The zero-order valence-corrected chi connectivity index (χ0v) is 12.1. The molecule has 0 aliphatic heterocycles. The SMILES string of the molecule is CN(C)C1(C(NN)c2c(F)cccc2F)CCCCC1. The Bertz CT molecular complexity index is 436. The Kier molecular flexibility index (Phi) is 4.73. The second-order valence-electron chi connectivity index (χ2n) is 5.79. The van der Waals surface area contributed by atoms with Crippen LogP contribution in [0.4, 0.5) is 8.78 Å². The largest absolute Gasteiger partial charge is 0.302 e. The molecule has 0 heterocycles. The summed E-state index contributed by atoms with van der Waals surface area (Å²) in [5, 5.41) is 0. The summed E-state index contributed by atoms with van der Waals surface area (Å²) in [6, 6.07) is 3.40. The van der Waals surface area contributed by atoms with Crippen LogP contribution in [-0.4, -0.2) is 24.5 Å². The molecule has 2 rings (SSSR count). The highest BCUT2D eigenvalue weighted by Gasteiger charge is 2.44. The molecule has 0 spiro atoms. The van der Waals surface area contributed by atoms with Gasteiger partial charge in [-0.15, -0.1) is 0 Å². The molecule has 1 aliphatic rings. The highest BCUT2D eigenvalue weighted by molar-refractivity contribution is 5.27. The van der Waals surface area contributed by atoms with Crippen molar-refractivity contribution >= 4 is 0 Å². The zero-order valence-electron chi connectivity index (χ0n) is 12.1. The quantitative estimate of drug-likeness (QED) is 0.659. The molecule has 3 N–H and O–H groups in total. The third kappa shape index (κ3) is 2.57. The molecular formula is C15H23F2N3. The van der Waals surface area contributed by atoms with E-state index >= 15 is 0 Å². The van der Waals surface area contributed by atoms with Gasteiger partial charge in [-0.2, -0.15) is 0 Å². The van der Waals surface area contributed by atoms with Crippen molar-refractivity contribution in [3.63, 3.8) is 0 Å². The number of hydrogen-bond acceptors (Lipinski definition) is 3. The molecule has 0 radical (unpaired) electrons. The van der Waals surface area contributed by atoms with E-state index in [4.69, 9.17) is 5.84 Å². The maximum absolute atomic E-state index is 14.1. The van der Waals surface area contributed by atoms with Crippen molar-refractivity contribution in [1.29, 1.82) is 0 Å². The van der Waals surface area contributed by atoms with Crippen molar-refractivity contribution in [3.8, 4) is 0 Å². The van der Waals surface area contributed by atoms with Gasteiger partial charge in [-0.3, -0.25) is 11.3 Å². The molecule has 0 bridgehead atoms. The third-order valence-electron chi connectivity index (χ3n) is 4.60. The van der Waals surface area contributed by atoms with Crippen LogP contribution in [0.1, 0.15) is 43.7 Å². The molecule has 1 aromatic rings. The van der Waals surface area contributed by atoms with Crippen LogP contribution < -0.4 is 11.3 Å². The molecular weight excluding hydrogens is 260 g/mol. The van der Waals surface area contributed by atoms with Gasteiger partial charge in [0.15, 0.2) is 0 Å². The summed E-state index contributed by atoms with van der Waals surface area (Å²) in [4.78, 5) is 2.06. The average Bonchev–Trinajstić information content (AvgIpc) is 2.43. The highest BCUT2D eigenvalue weighted by Crippen LogP contribution is 2.42. The molecule has 0 aromatic heterocycles. The fraction of sp³-hybridized carbons (Fsp3) is 0.600. The van der Waals surface area contributed by atoms with Crippen LogP contribution in [0.2, 0.25) is 0 Å². The van der Waals surface area contributed by atoms with E-state index in [0.717, 1.165) is 32.1 Å². The van der Waals surface area contributed by atoms with E-state index in [1.165, 1.54) is 18.2 Å². The van der Waals surface area contributed by atoms with Crippen LogP contribution in [0, 0.1) is 11.6 Å². The number of nitrogens with zero attached hydrogens (tertiary/aromatic N) is 1. The van der Waals surface area contributed by atoms with E-state index in [1.807, 2.05) is 14.1 Å². The predicted octanol–water partition coefficient (Wildman–Crippen LogP) is 2.73. The van der Waals surface area contributed by atoms with Crippen molar-refractivity contribution in [3.05, 3.63) is 35.4 Å². The van der Waals surface area contributed by atoms with Gasteiger partial charge in [-0.1, -0.05) is 25.3 Å². The fourth-order valence-corrected chi connectivity index (χ4v) is 3.45. The number of hydrogen-bond donors (Lipinski definition) is 2. The number of hydrazine groups is 1. The third-order valence-corrected chi connectivity index (χ3v) is 4.60. The maximum atomic E-state index is 14.1. The van der Waals surface area contributed by atoms with Crippen molar-refractivity contribution in [1.82, 2.24) is 10.3 Å². The summed E-state index contributed by atoms with van der Waals surface area (Å²) in [6.45, 7) is 0. The van der Waals surface area contributed by atoms with E-state index in [2.05, 4.69) is 10.3 Å². The zero-order chi connectivity index (χ0) is 14.8. The van der Waals surface area contributed by atoms with E-state index in [0.29, 0.717) is 0 Å². The number of rotatable bonds is 4. The number of nitrogens with one attached hydrogen (secondary N) is 1. The summed E-state index contributed by atoms with van der Waals surface area (Å²) >= 11 is 0. The minimum absolute atomic E-state index is 0.0469. The molecule has 0 amide bonds. The average molecular weight is 283 g/mol. The Morgan fingerprint density at radius 1 is 1.15 bits per heavy atom. The Hall–Kier alpha value is -1.04. The molecule has 1 fully saturated rings. The summed E-state index contributed by atoms with van der Waals surface area (Å²) in [5.74, 6) is 4.60. The summed E-state index contributed by atoms with van der Waals surface area (Å²) < 4.78 is 28.2. The van der Waals surface area contributed by atoms with Crippen LogP contribution in [0.25, 0.3) is 0 Å². The monoisotopic (exact) mass is 283 g/mol. The Balaban J connectivity index is 2.48. The van der Waals surface area contributed by atoms with Crippen LogP contribution in [0.3, 0.4) is 0 Å². The van der Waals surface area contributed by atoms with Gasteiger partial charge in [-0.25, -0.2) is 8.78 Å². The minimum atomic E-state index is -0.556. The summed E-state index contributed by atoms with van der Waals surface area (Å²) in [7, 11) is 3.91. The van der Waals surface area contributed by atoms with Gasteiger partial charge in [0.1, 0.15) is 11.6 Å². The van der Waals surface area contributed by atoms with Gasteiger partial charge in [0.2, 0.25) is 0 Å². The minimum Gasteiger partial charge on any atom is -0.302 e. The van der Waals surface area contributed by atoms with Gasteiger partial charge >= 0.3 is 0 Å². The fourth-order valence-electron chi connectivity index (χ4n) is 3.45. The molecule has 1 unspecified atom stereocenters. The van der Waals surface area contributed by atoms with Crippen molar-refractivity contribution in [2.45, 2.75) is 43.7 Å². The summed E-state index contributed by atoms with van der Waals surface area (Å²) in [6.07, 6.45) is 5.01. The normalized spacial score (nSPS) is 20.1. The molecule has 1 saturated carbocycles. The van der Waals surface area contributed by atoms with Gasteiger partial charge in [-0.05, 0) is 39.1 Å². The lowest BCUT2D eigenvalue weighted by molar-refractivity contribution is 0.0535. The second-order valence-corrected chi connectivity index (χ2v) is 5.79. The number of halogens is 2. The Labute approximate surface area is 119 Å². The molecule has 3 nitrogen and oxygen atoms in total. The first-order valence-electron chi connectivity index (χ1n) is 7.10. The maximum Gasteiger partial charge on any atom is 0.131 e. The van der Waals surface area contributed by atoms with Crippen molar-refractivity contribution in [2.24, 2.45) is 5.84 Å². The molecule has 112 valence electrons. The highest BCUT2D eigenvalue weighted by atomic mass is 19.1. The lowest BCUT2D eigenvalue weighted by atomic mass is 9.73. The Morgan fingerprint density at radius 3 is 2.15 bits per heavy atom. The van der Waals surface area contributed by atoms with Crippen LogP contribution in [0.5, 0.6) is 0 Å². The van der Waals surface area contributed by atoms with Gasteiger partial charge in [0.05, 0.1) is 6.04 Å². The smallest absolute Gasteiger partial charge is 0.131 e. The molecule has 1 aliphatic carbocycles. The van der Waals surface area contributed by atoms with Crippen LogP contribution in [0.15, 0.2) is 18.2 Å². The van der Waals surface area contributed by atoms with E-state index < -0.39 is 17.7 Å². The van der Waals surface area contributed by atoms with E-state index in [9.17, 15) is 8.78 Å². The van der Waals surface area contributed by atoms with Gasteiger partial charge in [0.25, 0.3) is 0 Å². The van der Waals surface area contributed by atoms with Gasteiger partial charge in [0, 0.05) is 11.1 Å². The molecule has 1 aromatic carbocycles. The van der Waals surface area contributed by atoms with Crippen LogP contribution in [-0.2, 0) is 0 Å². The summed E-state index contributed by atoms with van der Waals surface area (Å²) in [5.41, 5.74) is 2.37. The lowest BCUT2D eigenvalue weighted by Gasteiger charge is -2.48. The number of nitrogens with two attached hydrogens (primary N) is 1. The van der Waals surface area contributed by atoms with Crippen molar-refractivity contribution in [2.75, 3.05) is 14.1 Å². The Morgan fingerprint density at radius 2 is 1.70 bits per heavy atom. The van der Waals surface area contributed by atoms with E-state index in [1.54, 1.807) is 0 Å². The van der Waals surface area contributed by atoms with E-state index in [-0.39, 0.29) is 11.1 Å². The molecule has 5 heteroatoms. The molecule has 1 atom stereocenters. The van der Waals surface area contributed by atoms with Gasteiger partial charge < -0.3 is 4.90 Å². The number of likely N-dealkylation sites (N-methyl/N-ethyl adjacent to an activating group) is 1. The first kappa shape index (κ1) is 15.4. The number of benzene rings is 1.